The number of H-pyrrole nitrogens is 1. The van der Waals surface area contributed by atoms with Gasteiger partial charge in [0.15, 0.2) is 11.6 Å². The van der Waals surface area contributed by atoms with E-state index in [0.717, 1.165) is 0 Å². The van der Waals surface area contributed by atoms with E-state index in [1.54, 1.807) is 0 Å². The van der Waals surface area contributed by atoms with Crippen LogP contribution in [0.15, 0.2) is 0 Å². The summed E-state index contributed by atoms with van der Waals surface area (Å²) in [6.07, 6.45) is -1.62. The van der Waals surface area contributed by atoms with Crippen LogP contribution in [0.25, 0.3) is 0 Å². The van der Waals surface area contributed by atoms with Gasteiger partial charge in [0.1, 0.15) is 18.4 Å². The number of ketones is 2. The minimum atomic E-state index is -4.05. The van der Waals surface area contributed by atoms with Crippen LogP contribution in [0.3, 0.4) is 0 Å². The Morgan fingerprint density at radius 2 is 1.56 bits per heavy atom. The summed E-state index contributed by atoms with van der Waals surface area (Å²) in [6, 6.07) is -1.49. The van der Waals surface area contributed by atoms with E-state index in [2.05, 4.69) is 31.3 Å². The van der Waals surface area contributed by atoms with Gasteiger partial charge in [-0.2, -0.15) is 5.21 Å². The van der Waals surface area contributed by atoms with Gasteiger partial charge in [-0.1, -0.05) is 5.21 Å². The van der Waals surface area contributed by atoms with Crippen molar-refractivity contribution in [3.63, 3.8) is 0 Å². The highest BCUT2D eigenvalue weighted by Crippen LogP contribution is 2.15. The van der Waals surface area contributed by atoms with E-state index in [1.807, 2.05) is 4.72 Å². The van der Waals surface area contributed by atoms with Gasteiger partial charge in [0.05, 0.1) is 31.5 Å². The first-order chi connectivity index (χ1) is 22.7. The fraction of sp³-hybridized carbons (Fsp3) is 0.704. The number of amides is 3. The standard InChI is InChI=1S/C27H43N7O13S/c1-18(35)17-47-14-13-46-12-11-28-23(37)10-7-19(26(40)41)16-20(36)8-9-21(27(42)43)29-24(38)6-3-15-48(44,45)32-25(39)5-2-4-22-30-33-34-31-22/h19,21H,2-17H2,1H3,(H,28,37)(H,29,38)(H,32,39)(H,40,41)(H,42,43)(H,30,31,33,34). The quantitative estimate of drug-likeness (QED) is 0.0528. The molecular formula is C27H43N7O13S. The Morgan fingerprint density at radius 3 is 2.21 bits per heavy atom. The van der Waals surface area contributed by atoms with Crippen LogP contribution in [0.5, 0.6) is 0 Å². The fourth-order valence-corrected chi connectivity index (χ4v) is 5.08. The van der Waals surface area contributed by atoms with Crippen molar-refractivity contribution in [3.05, 3.63) is 5.82 Å². The normalized spacial score (nSPS) is 12.4. The second-order valence-corrected chi connectivity index (χ2v) is 12.5. The number of Topliss-reactive ketones (excluding diaryl/α,β-unsaturated/α-hetero) is 2. The Hall–Kier alpha value is -4.37. The number of aliphatic carboxylic acids is 2. The monoisotopic (exact) mass is 705 g/mol. The predicted molar refractivity (Wildman–Crippen MR) is 162 cm³/mol. The van der Waals surface area contributed by atoms with Crippen molar-refractivity contribution < 1.29 is 61.7 Å². The molecule has 3 amide bonds. The van der Waals surface area contributed by atoms with Gasteiger partial charge < -0.3 is 30.3 Å². The maximum Gasteiger partial charge on any atom is 0.326 e. The molecule has 48 heavy (non-hydrogen) atoms. The molecule has 1 heterocycles. The molecule has 21 heteroatoms. The number of tetrazole rings is 1. The number of carboxylic acid groups (broad SMARTS) is 2. The molecule has 1 aromatic heterocycles. The first-order valence-corrected chi connectivity index (χ1v) is 16.8. The lowest BCUT2D eigenvalue weighted by Gasteiger charge is -2.15. The molecule has 2 atom stereocenters. The van der Waals surface area contributed by atoms with Crippen molar-refractivity contribution in [1.82, 2.24) is 36.0 Å². The van der Waals surface area contributed by atoms with Crippen molar-refractivity contribution in [3.8, 4) is 0 Å². The number of hydrogen-bond acceptors (Lipinski definition) is 14. The number of carboxylic acids is 2. The van der Waals surface area contributed by atoms with Crippen LogP contribution in [0.4, 0.5) is 0 Å². The van der Waals surface area contributed by atoms with Gasteiger partial charge in [-0.15, -0.1) is 10.2 Å². The van der Waals surface area contributed by atoms with Crippen molar-refractivity contribution in [2.75, 3.05) is 38.7 Å². The lowest BCUT2D eigenvalue weighted by atomic mass is 9.94. The number of aromatic amines is 1. The average Bonchev–Trinajstić information content (AvgIpc) is 3.51. The molecule has 0 saturated carbocycles. The predicted octanol–water partition coefficient (Wildman–Crippen LogP) is -1.72. The Balaban J connectivity index is 2.34. The van der Waals surface area contributed by atoms with Gasteiger partial charge in [0, 0.05) is 45.1 Å². The van der Waals surface area contributed by atoms with E-state index in [1.165, 1.54) is 6.92 Å². The average molecular weight is 706 g/mol. The second kappa shape index (κ2) is 23.0. The number of carbonyl (C=O) groups is 7. The van der Waals surface area contributed by atoms with E-state index >= 15 is 0 Å². The van der Waals surface area contributed by atoms with Gasteiger partial charge in [-0.3, -0.25) is 33.5 Å². The Labute approximate surface area is 276 Å². The van der Waals surface area contributed by atoms with Crippen molar-refractivity contribution in [2.45, 2.75) is 77.2 Å². The molecule has 270 valence electrons. The van der Waals surface area contributed by atoms with Crippen LogP contribution in [-0.4, -0.2) is 125 Å². The van der Waals surface area contributed by atoms with Crippen LogP contribution >= 0.6 is 0 Å². The number of carbonyl (C=O) groups excluding carboxylic acids is 5. The zero-order valence-electron chi connectivity index (χ0n) is 26.6. The smallest absolute Gasteiger partial charge is 0.326 e. The lowest BCUT2D eigenvalue weighted by molar-refractivity contribution is -0.145. The molecule has 0 aliphatic heterocycles. The van der Waals surface area contributed by atoms with Crippen LogP contribution < -0.4 is 15.4 Å². The SMILES string of the molecule is CC(=O)COCCOCCNC(=O)CCC(CC(=O)CCC(NC(=O)CCCS(=O)(=O)NC(=O)CCCc1nn[nH]n1)C(=O)O)C(=O)O. The maximum absolute atomic E-state index is 12.4. The number of hydrogen-bond donors (Lipinski definition) is 6. The summed E-state index contributed by atoms with van der Waals surface area (Å²) in [4.78, 5) is 82.7. The largest absolute Gasteiger partial charge is 0.481 e. The summed E-state index contributed by atoms with van der Waals surface area (Å²) in [5.74, 6) is -6.84. The van der Waals surface area contributed by atoms with Crippen LogP contribution in [0.2, 0.25) is 0 Å². The molecular weight excluding hydrogens is 662 g/mol. The highest BCUT2D eigenvalue weighted by Gasteiger charge is 2.25. The molecule has 0 aliphatic carbocycles. The molecule has 20 nitrogen and oxygen atoms in total. The first kappa shape index (κ1) is 41.7. The molecule has 0 bridgehead atoms. The Bertz CT molecular complexity index is 1320. The molecule has 0 saturated heterocycles. The number of nitrogens with one attached hydrogen (secondary N) is 4. The molecule has 2 unspecified atom stereocenters. The Morgan fingerprint density at radius 1 is 0.854 bits per heavy atom. The van der Waals surface area contributed by atoms with E-state index < -0.39 is 69.6 Å². The number of aryl methyl sites for hydroxylation is 1. The molecule has 0 aromatic carbocycles. The van der Waals surface area contributed by atoms with Crippen molar-refractivity contribution in [2.24, 2.45) is 5.92 Å². The molecule has 0 spiro atoms. The lowest BCUT2D eigenvalue weighted by Crippen LogP contribution is -2.41. The summed E-state index contributed by atoms with van der Waals surface area (Å²) >= 11 is 0. The molecule has 1 rings (SSSR count). The zero-order valence-corrected chi connectivity index (χ0v) is 27.4. The van der Waals surface area contributed by atoms with E-state index in [-0.39, 0.29) is 90.1 Å². The fourth-order valence-electron chi connectivity index (χ4n) is 4.00. The van der Waals surface area contributed by atoms with Gasteiger partial charge in [0.25, 0.3) is 0 Å². The van der Waals surface area contributed by atoms with Crippen molar-refractivity contribution >= 4 is 51.2 Å². The number of sulfonamides is 1. The minimum absolute atomic E-state index is 0.0164. The Kier molecular flexibility index (Phi) is 20.0. The molecule has 0 fully saturated rings. The summed E-state index contributed by atoms with van der Waals surface area (Å²) in [6.45, 7) is 2.12. The molecule has 0 radical (unpaired) electrons. The van der Waals surface area contributed by atoms with Gasteiger partial charge >= 0.3 is 11.9 Å². The zero-order chi connectivity index (χ0) is 36.0. The summed E-state index contributed by atoms with van der Waals surface area (Å²) in [5.41, 5.74) is 0. The molecule has 6 N–H and O–H groups in total. The third-order valence-electron chi connectivity index (χ3n) is 6.41. The summed E-state index contributed by atoms with van der Waals surface area (Å²) < 4.78 is 36.4. The van der Waals surface area contributed by atoms with Crippen LogP contribution in [0, 0.1) is 5.92 Å². The number of rotatable bonds is 28. The van der Waals surface area contributed by atoms with Gasteiger partial charge in [-0.25, -0.2) is 13.2 Å². The first-order valence-electron chi connectivity index (χ1n) is 15.1. The third-order valence-corrected chi connectivity index (χ3v) is 7.78. The molecule has 0 aliphatic rings. The van der Waals surface area contributed by atoms with Gasteiger partial charge in [0.2, 0.25) is 27.7 Å². The highest BCUT2D eigenvalue weighted by molar-refractivity contribution is 7.90. The summed E-state index contributed by atoms with van der Waals surface area (Å²) in [7, 11) is -4.05. The van der Waals surface area contributed by atoms with Crippen molar-refractivity contribution in [1.29, 1.82) is 0 Å². The van der Waals surface area contributed by atoms with Gasteiger partial charge in [-0.05, 0) is 32.6 Å². The minimum Gasteiger partial charge on any atom is -0.481 e. The third kappa shape index (κ3) is 20.7. The van der Waals surface area contributed by atoms with Crippen LogP contribution in [0.1, 0.15) is 70.5 Å². The summed E-state index contributed by atoms with van der Waals surface area (Å²) in [5, 5.41) is 36.7. The maximum atomic E-state index is 12.4. The highest BCUT2D eigenvalue weighted by atomic mass is 32.2. The van der Waals surface area contributed by atoms with Crippen LogP contribution in [-0.2, 0) is 59.5 Å². The van der Waals surface area contributed by atoms with E-state index in [9.17, 15) is 52.2 Å². The number of ether oxygens (including phenoxy) is 2. The number of aromatic nitrogens is 4. The van der Waals surface area contributed by atoms with E-state index in [0.29, 0.717) is 12.2 Å². The molecule has 1 aromatic rings. The topological polar surface area (TPSA) is 303 Å². The second-order valence-electron chi connectivity index (χ2n) is 10.7. The van der Waals surface area contributed by atoms with E-state index in [4.69, 9.17) is 9.47 Å². The number of nitrogens with zero attached hydrogens (tertiary/aromatic N) is 3.